The molecular formula is C22H25N5O3. The van der Waals surface area contributed by atoms with Crippen molar-refractivity contribution in [3.8, 4) is 0 Å². The Bertz CT molecular complexity index is 941. The zero-order chi connectivity index (χ0) is 20.5. The number of hydrogen-bond donors (Lipinski definition) is 1. The Balaban J connectivity index is 1.41. The Morgan fingerprint density at radius 1 is 1.27 bits per heavy atom. The van der Waals surface area contributed by atoms with Crippen molar-refractivity contribution in [2.45, 2.75) is 44.4 Å². The zero-order valence-corrected chi connectivity index (χ0v) is 16.8. The van der Waals surface area contributed by atoms with Crippen LogP contribution < -0.4 is 10.2 Å². The van der Waals surface area contributed by atoms with Gasteiger partial charge in [-0.25, -0.2) is 4.98 Å². The summed E-state index contributed by atoms with van der Waals surface area (Å²) in [6.45, 7) is 1.98. The SMILES string of the molecule is O=C1CNc2ncc(C(=O)N(Cc3ccncc3)C3CC3)cc2N1CC1CCCO1. The van der Waals surface area contributed by atoms with E-state index in [0.29, 0.717) is 30.2 Å². The number of fused-ring (bicyclic) bond motifs is 1. The summed E-state index contributed by atoms with van der Waals surface area (Å²) >= 11 is 0. The van der Waals surface area contributed by atoms with Crippen LogP contribution in [0, 0.1) is 0 Å². The highest BCUT2D eigenvalue weighted by molar-refractivity contribution is 6.04. The molecule has 1 unspecified atom stereocenters. The van der Waals surface area contributed by atoms with Gasteiger partial charge in [-0.1, -0.05) is 0 Å². The molecule has 2 aromatic heterocycles. The van der Waals surface area contributed by atoms with E-state index in [1.54, 1.807) is 29.6 Å². The molecule has 2 fully saturated rings. The molecule has 1 saturated heterocycles. The third-order valence-electron chi connectivity index (χ3n) is 5.87. The van der Waals surface area contributed by atoms with E-state index in [-0.39, 0.29) is 30.5 Å². The second-order valence-corrected chi connectivity index (χ2v) is 8.10. The maximum atomic E-state index is 13.4. The standard InChI is InChI=1S/C22H25N5O3/c28-20-12-25-21-19(27(20)14-18-2-1-9-30-18)10-16(11-24-21)22(29)26(17-3-4-17)13-15-5-7-23-8-6-15/h5-8,10-11,17-18H,1-4,9,12-14H2,(H,24,25). The van der Waals surface area contributed by atoms with Crippen LogP contribution in [0.25, 0.3) is 0 Å². The molecule has 1 aliphatic carbocycles. The zero-order valence-electron chi connectivity index (χ0n) is 16.8. The monoisotopic (exact) mass is 407 g/mol. The van der Waals surface area contributed by atoms with E-state index in [1.807, 2.05) is 17.0 Å². The van der Waals surface area contributed by atoms with Crippen LogP contribution in [0.2, 0.25) is 0 Å². The van der Waals surface area contributed by atoms with E-state index in [4.69, 9.17) is 4.74 Å². The van der Waals surface area contributed by atoms with Gasteiger partial charge in [0.2, 0.25) is 5.91 Å². The summed E-state index contributed by atoms with van der Waals surface area (Å²) in [4.78, 5) is 38.1. The minimum Gasteiger partial charge on any atom is -0.376 e. The summed E-state index contributed by atoms with van der Waals surface area (Å²) in [5, 5.41) is 3.06. The summed E-state index contributed by atoms with van der Waals surface area (Å²) in [6.07, 6.45) is 9.11. The molecule has 0 spiro atoms. The summed E-state index contributed by atoms with van der Waals surface area (Å²) < 4.78 is 5.73. The minimum atomic E-state index is -0.0558. The van der Waals surface area contributed by atoms with E-state index in [0.717, 1.165) is 37.9 Å². The smallest absolute Gasteiger partial charge is 0.256 e. The molecule has 1 N–H and O–H groups in total. The number of carbonyl (C=O) groups excluding carboxylic acids is 2. The Hall–Kier alpha value is -3.00. The van der Waals surface area contributed by atoms with Crippen LogP contribution in [0.3, 0.4) is 0 Å². The van der Waals surface area contributed by atoms with Gasteiger partial charge < -0.3 is 19.9 Å². The highest BCUT2D eigenvalue weighted by Crippen LogP contribution is 2.33. The molecule has 5 rings (SSSR count). The van der Waals surface area contributed by atoms with E-state index < -0.39 is 0 Å². The molecule has 8 nitrogen and oxygen atoms in total. The first-order valence-electron chi connectivity index (χ1n) is 10.5. The molecule has 2 amide bonds. The molecule has 4 heterocycles. The van der Waals surface area contributed by atoms with Crippen molar-refractivity contribution in [3.63, 3.8) is 0 Å². The van der Waals surface area contributed by atoms with Crippen LogP contribution in [-0.4, -0.2) is 58.5 Å². The third-order valence-corrected chi connectivity index (χ3v) is 5.87. The fourth-order valence-corrected chi connectivity index (χ4v) is 4.10. The fourth-order valence-electron chi connectivity index (χ4n) is 4.10. The first-order valence-corrected chi connectivity index (χ1v) is 10.5. The van der Waals surface area contributed by atoms with E-state index in [9.17, 15) is 9.59 Å². The lowest BCUT2D eigenvalue weighted by Gasteiger charge is -2.31. The molecule has 1 atom stereocenters. The van der Waals surface area contributed by atoms with Gasteiger partial charge in [0.15, 0.2) is 0 Å². The summed E-state index contributed by atoms with van der Waals surface area (Å²) in [7, 11) is 0. The molecule has 8 heteroatoms. The summed E-state index contributed by atoms with van der Waals surface area (Å²) in [5.41, 5.74) is 2.21. The third kappa shape index (κ3) is 3.87. The molecule has 1 saturated carbocycles. The second kappa shape index (κ2) is 8.02. The molecular weight excluding hydrogens is 382 g/mol. The number of nitrogens with zero attached hydrogens (tertiary/aromatic N) is 4. The van der Waals surface area contributed by atoms with Gasteiger partial charge >= 0.3 is 0 Å². The van der Waals surface area contributed by atoms with Gasteiger partial charge in [0, 0.05) is 37.8 Å². The first kappa shape index (κ1) is 19.0. The van der Waals surface area contributed by atoms with Crippen LogP contribution in [-0.2, 0) is 16.1 Å². The number of nitrogens with one attached hydrogen (secondary N) is 1. The van der Waals surface area contributed by atoms with Crippen LogP contribution in [0.5, 0.6) is 0 Å². The van der Waals surface area contributed by atoms with Gasteiger partial charge in [0.05, 0.1) is 30.4 Å². The number of carbonyl (C=O) groups is 2. The Kier molecular flexibility index (Phi) is 5.08. The molecule has 2 aromatic rings. The topological polar surface area (TPSA) is 87.7 Å². The summed E-state index contributed by atoms with van der Waals surface area (Å²) in [5.74, 6) is 0.552. The Labute approximate surface area is 175 Å². The highest BCUT2D eigenvalue weighted by Gasteiger charge is 2.35. The van der Waals surface area contributed by atoms with Crippen molar-refractivity contribution in [1.29, 1.82) is 0 Å². The van der Waals surface area contributed by atoms with Crippen LogP contribution in [0.4, 0.5) is 11.5 Å². The first-order chi connectivity index (χ1) is 14.7. The number of pyridine rings is 2. The van der Waals surface area contributed by atoms with Gasteiger partial charge in [0.25, 0.3) is 5.91 Å². The quantitative estimate of drug-likeness (QED) is 0.790. The maximum absolute atomic E-state index is 13.4. The van der Waals surface area contributed by atoms with Crippen molar-refractivity contribution in [2.24, 2.45) is 0 Å². The Morgan fingerprint density at radius 3 is 2.83 bits per heavy atom. The lowest BCUT2D eigenvalue weighted by Crippen LogP contribution is -2.44. The van der Waals surface area contributed by atoms with Crippen LogP contribution in [0.1, 0.15) is 41.6 Å². The number of amides is 2. The van der Waals surface area contributed by atoms with Gasteiger partial charge in [-0.2, -0.15) is 0 Å². The number of ether oxygens (including phenoxy) is 1. The Morgan fingerprint density at radius 2 is 2.10 bits per heavy atom. The predicted molar refractivity (Wildman–Crippen MR) is 111 cm³/mol. The van der Waals surface area contributed by atoms with Crippen molar-refractivity contribution < 1.29 is 14.3 Å². The maximum Gasteiger partial charge on any atom is 0.256 e. The van der Waals surface area contributed by atoms with Crippen molar-refractivity contribution in [1.82, 2.24) is 14.9 Å². The number of anilines is 2. The summed E-state index contributed by atoms with van der Waals surface area (Å²) in [6, 6.07) is 5.91. The fraction of sp³-hybridized carbons (Fsp3) is 0.455. The molecule has 3 aliphatic rings. The van der Waals surface area contributed by atoms with Gasteiger partial charge in [-0.05, 0) is 49.4 Å². The van der Waals surface area contributed by atoms with Gasteiger partial charge in [0.1, 0.15) is 5.82 Å². The molecule has 0 aromatic carbocycles. The lowest BCUT2D eigenvalue weighted by atomic mass is 10.1. The van der Waals surface area contributed by atoms with Crippen LogP contribution in [0.15, 0.2) is 36.8 Å². The van der Waals surface area contributed by atoms with Crippen molar-refractivity contribution >= 4 is 23.3 Å². The number of hydrogen-bond acceptors (Lipinski definition) is 6. The van der Waals surface area contributed by atoms with Crippen LogP contribution >= 0.6 is 0 Å². The molecule has 156 valence electrons. The largest absolute Gasteiger partial charge is 0.376 e. The van der Waals surface area contributed by atoms with Gasteiger partial charge in [-0.15, -0.1) is 0 Å². The molecule has 0 radical (unpaired) electrons. The predicted octanol–water partition coefficient (Wildman–Crippen LogP) is 2.22. The number of rotatable bonds is 6. The van der Waals surface area contributed by atoms with Crippen molar-refractivity contribution in [2.75, 3.05) is 29.9 Å². The normalized spacial score (nSPS) is 20.6. The average Bonchev–Trinajstić information content (AvgIpc) is 3.49. The second-order valence-electron chi connectivity index (χ2n) is 8.10. The molecule has 2 aliphatic heterocycles. The van der Waals surface area contributed by atoms with E-state index in [2.05, 4.69) is 15.3 Å². The number of aromatic nitrogens is 2. The highest BCUT2D eigenvalue weighted by atomic mass is 16.5. The van der Waals surface area contributed by atoms with E-state index in [1.165, 1.54) is 0 Å². The molecule has 30 heavy (non-hydrogen) atoms. The van der Waals surface area contributed by atoms with Gasteiger partial charge in [-0.3, -0.25) is 14.6 Å². The van der Waals surface area contributed by atoms with E-state index >= 15 is 0 Å². The van der Waals surface area contributed by atoms with Crippen molar-refractivity contribution in [3.05, 3.63) is 47.9 Å². The average molecular weight is 407 g/mol. The lowest BCUT2D eigenvalue weighted by molar-refractivity contribution is -0.117. The molecule has 0 bridgehead atoms. The minimum absolute atomic E-state index is 0.0276.